The number of fused-ring (bicyclic) bond motifs is 1. The molecular weight excluding hydrogens is 196 g/mol. The Morgan fingerprint density at radius 1 is 1.40 bits per heavy atom. The lowest BCUT2D eigenvalue weighted by atomic mass is 10.3. The van der Waals surface area contributed by atoms with Gasteiger partial charge in [-0.2, -0.15) is 15.4 Å². The Morgan fingerprint density at radius 2 is 1.80 bits per heavy atom. The van der Waals surface area contributed by atoms with E-state index in [0.717, 1.165) is 11.0 Å². The van der Waals surface area contributed by atoms with Crippen LogP contribution in [0, 0.1) is 0 Å². The fourth-order valence-corrected chi connectivity index (χ4v) is 0.786. The van der Waals surface area contributed by atoms with Gasteiger partial charge in [0.15, 0.2) is 0 Å². The van der Waals surface area contributed by atoms with Gasteiger partial charge < -0.3 is 10.8 Å². The number of aromatic nitrogens is 3. The number of aromatic amines is 1. The monoisotopic (exact) mass is 208 g/mol. The highest BCUT2D eigenvalue weighted by atomic mass is 16.4. The van der Waals surface area contributed by atoms with E-state index < -0.39 is 12.0 Å². The van der Waals surface area contributed by atoms with Crippen LogP contribution in [0.3, 0.4) is 0 Å². The molecule has 0 bridgehead atoms. The summed E-state index contributed by atoms with van der Waals surface area (Å²) in [5, 5.41) is 18.2. The molecule has 1 atom stereocenters. The van der Waals surface area contributed by atoms with Crippen molar-refractivity contribution in [3.63, 3.8) is 0 Å². The summed E-state index contributed by atoms with van der Waals surface area (Å²) in [7, 11) is 0. The highest BCUT2D eigenvalue weighted by Crippen LogP contribution is 2.03. The Labute approximate surface area is 86.1 Å². The van der Waals surface area contributed by atoms with Gasteiger partial charge in [0.1, 0.15) is 17.1 Å². The van der Waals surface area contributed by atoms with Crippen LogP contribution in [-0.4, -0.2) is 32.5 Å². The molecule has 0 aliphatic carbocycles. The Hall–Kier alpha value is -1.95. The molecule has 1 aromatic heterocycles. The summed E-state index contributed by atoms with van der Waals surface area (Å²) in [6.07, 6.45) is 0. The number of benzene rings is 1. The van der Waals surface area contributed by atoms with Gasteiger partial charge in [0.25, 0.3) is 0 Å². The summed E-state index contributed by atoms with van der Waals surface area (Å²) in [6, 6.07) is 6.97. The number of H-pyrrole nitrogens is 1. The number of para-hydroxylation sites is 2. The molecule has 2 rings (SSSR count). The van der Waals surface area contributed by atoms with Crippen molar-refractivity contribution in [3.05, 3.63) is 24.3 Å². The van der Waals surface area contributed by atoms with Crippen molar-refractivity contribution < 1.29 is 9.90 Å². The maximum Gasteiger partial charge on any atom is 0.320 e. The van der Waals surface area contributed by atoms with E-state index in [2.05, 4.69) is 15.4 Å². The Morgan fingerprint density at radius 3 is 2.13 bits per heavy atom. The smallest absolute Gasteiger partial charge is 0.320 e. The average molecular weight is 208 g/mol. The zero-order valence-corrected chi connectivity index (χ0v) is 8.21. The van der Waals surface area contributed by atoms with Crippen LogP contribution in [0.15, 0.2) is 24.3 Å². The predicted octanol–water partition coefficient (Wildman–Crippen LogP) is 0.376. The molecule has 0 spiro atoms. The molecule has 0 amide bonds. The van der Waals surface area contributed by atoms with Gasteiger partial charge in [-0.25, -0.2) is 0 Å². The molecule has 0 aliphatic heterocycles. The highest BCUT2D eigenvalue weighted by Gasteiger charge is 1.99. The first kappa shape index (κ1) is 11.1. The molecule has 2 aromatic rings. The fourth-order valence-electron chi connectivity index (χ4n) is 0.786. The number of nitrogens with two attached hydrogens (primary N) is 1. The number of carboxylic acids is 1. The van der Waals surface area contributed by atoms with Crippen LogP contribution in [0.1, 0.15) is 6.92 Å². The van der Waals surface area contributed by atoms with Crippen molar-refractivity contribution >= 4 is 17.0 Å². The summed E-state index contributed by atoms with van der Waals surface area (Å²) >= 11 is 0. The van der Waals surface area contributed by atoms with Gasteiger partial charge in [-0.05, 0) is 19.1 Å². The SMILES string of the molecule is CC(N)C(=O)O.c1ccc2n[nH]nc2c1. The Balaban J connectivity index is 0.000000167. The van der Waals surface area contributed by atoms with Crippen LogP contribution >= 0.6 is 0 Å². The minimum absolute atomic E-state index is 0.731. The van der Waals surface area contributed by atoms with Gasteiger partial charge in [-0.1, -0.05) is 12.1 Å². The maximum atomic E-state index is 9.57. The minimum atomic E-state index is -0.963. The summed E-state index contributed by atoms with van der Waals surface area (Å²) in [5.41, 5.74) is 6.66. The minimum Gasteiger partial charge on any atom is -0.480 e. The van der Waals surface area contributed by atoms with Gasteiger partial charge in [-0.3, -0.25) is 4.79 Å². The number of hydrogen-bond donors (Lipinski definition) is 3. The Bertz CT molecular complexity index is 408. The fraction of sp³-hybridized carbons (Fsp3) is 0.222. The van der Waals surface area contributed by atoms with Crippen molar-refractivity contribution in [1.29, 1.82) is 0 Å². The lowest BCUT2D eigenvalue weighted by Crippen LogP contribution is -2.25. The Kier molecular flexibility index (Phi) is 3.75. The van der Waals surface area contributed by atoms with Gasteiger partial charge in [0.2, 0.25) is 0 Å². The van der Waals surface area contributed by atoms with Gasteiger partial charge in [0, 0.05) is 0 Å². The number of carbonyl (C=O) groups is 1. The van der Waals surface area contributed by atoms with Gasteiger partial charge >= 0.3 is 5.97 Å². The van der Waals surface area contributed by atoms with Crippen LogP contribution < -0.4 is 5.73 Å². The van der Waals surface area contributed by atoms with Crippen LogP contribution in [0.25, 0.3) is 11.0 Å². The molecule has 1 unspecified atom stereocenters. The third-order valence-electron chi connectivity index (χ3n) is 1.61. The second-order valence-electron chi connectivity index (χ2n) is 2.94. The maximum absolute atomic E-state index is 9.57. The molecule has 0 fully saturated rings. The standard InChI is InChI=1S/C6H5N3.C3H7NO2/c1-2-4-6-5(3-1)7-9-8-6;1-2(4)3(5)6/h1-4H,(H,7,8,9);2H,4H2,1H3,(H,5,6). The van der Waals surface area contributed by atoms with E-state index in [9.17, 15) is 4.79 Å². The van der Waals surface area contributed by atoms with Crippen LogP contribution in [-0.2, 0) is 4.79 Å². The van der Waals surface area contributed by atoms with E-state index in [-0.39, 0.29) is 0 Å². The predicted molar refractivity (Wildman–Crippen MR) is 55.2 cm³/mol. The van der Waals surface area contributed by atoms with Crippen molar-refractivity contribution in [2.24, 2.45) is 5.73 Å². The largest absolute Gasteiger partial charge is 0.480 e. The zero-order valence-electron chi connectivity index (χ0n) is 8.21. The molecule has 4 N–H and O–H groups in total. The first-order chi connectivity index (χ1) is 7.11. The van der Waals surface area contributed by atoms with E-state index in [1.165, 1.54) is 6.92 Å². The number of rotatable bonds is 1. The van der Waals surface area contributed by atoms with Gasteiger partial charge in [-0.15, -0.1) is 0 Å². The van der Waals surface area contributed by atoms with E-state index >= 15 is 0 Å². The topological polar surface area (TPSA) is 105 Å². The third kappa shape index (κ3) is 3.35. The summed E-state index contributed by atoms with van der Waals surface area (Å²) in [4.78, 5) is 9.57. The summed E-state index contributed by atoms with van der Waals surface area (Å²) in [6.45, 7) is 1.42. The first-order valence-electron chi connectivity index (χ1n) is 4.35. The van der Waals surface area contributed by atoms with E-state index in [4.69, 9.17) is 10.8 Å². The van der Waals surface area contributed by atoms with E-state index in [1.54, 1.807) is 0 Å². The van der Waals surface area contributed by atoms with Crippen molar-refractivity contribution in [3.8, 4) is 0 Å². The third-order valence-corrected chi connectivity index (χ3v) is 1.61. The molecule has 0 radical (unpaired) electrons. The first-order valence-corrected chi connectivity index (χ1v) is 4.35. The molecule has 6 heteroatoms. The average Bonchev–Trinajstić information content (AvgIpc) is 2.66. The number of nitrogens with zero attached hydrogens (tertiary/aromatic N) is 2. The second-order valence-corrected chi connectivity index (χ2v) is 2.94. The second kappa shape index (κ2) is 5.06. The van der Waals surface area contributed by atoms with Crippen molar-refractivity contribution in [1.82, 2.24) is 15.4 Å². The molecule has 6 nitrogen and oxygen atoms in total. The number of nitrogens with one attached hydrogen (secondary N) is 1. The summed E-state index contributed by atoms with van der Waals surface area (Å²) in [5.74, 6) is -0.963. The molecule has 0 saturated carbocycles. The molecule has 1 heterocycles. The summed E-state index contributed by atoms with van der Waals surface area (Å²) < 4.78 is 0. The highest BCUT2D eigenvalue weighted by molar-refractivity contribution is 5.72. The molecule has 80 valence electrons. The van der Waals surface area contributed by atoms with E-state index in [1.807, 2.05) is 24.3 Å². The number of aliphatic carboxylic acids is 1. The molecule has 0 saturated heterocycles. The van der Waals surface area contributed by atoms with Crippen molar-refractivity contribution in [2.75, 3.05) is 0 Å². The lowest BCUT2D eigenvalue weighted by molar-refractivity contribution is -0.138. The lowest BCUT2D eigenvalue weighted by Gasteiger charge is -1.90. The molecule has 1 aromatic carbocycles. The quantitative estimate of drug-likeness (QED) is 0.628. The van der Waals surface area contributed by atoms with Gasteiger partial charge in [0.05, 0.1) is 0 Å². The number of carboxylic acid groups (broad SMARTS) is 1. The molecule has 15 heavy (non-hydrogen) atoms. The van der Waals surface area contributed by atoms with Crippen LogP contribution in [0.5, 0.6) is 0 Å². The zero-order chi connectivity index (χ0) is 11.3. The number of hydrogen-bond acceptors (Lipinski definition) is 4. The van der Waals surface area contributed by atoms with Crippen LogP contribution in [0.2, 0.25) is 0 Å². The molecule has 0 aliphatic rings. The molecular formula is C9H12N4O2. The normalized spacial score (nSPS) is 11.6. The van der Waals surface area contributed by atoms with E-state index in [0.29, 0.717) is 0 Å². The van der Waals surface area contributed by atoms with Crippen molar-refractivity contribution in [2.45, 2.75) is 13.0 Å². The van der Waals surface area contributed by atoms with Crippen LogP contribution in [0.4, 0.5) is 0 Å².